The van der Waals surface area contributed by atoms with E-state index in [0.29, 0.717) is 18.1 Å². The molecular formula is C17H22N2O3S2. The van der Waals surface area contributed by atoms with Gasteiger partial charge in [-0.05, 0) is 11.5 Å². The molecule has 2 atom stereocenters. The number of sulfone groups is 1. The van der Waals surface area contributed by atoms with Gasteiger partial charge in [0.05, 0.1) is 17.5 Å². The molecule has 2 saturated heterocycles. The van der Waals surface area contributed by atoms with Gasteiger partial charge in [-0.2, -0.15) is 4.99 Å². The highest BCUT2D eigenvalue weighted by molar-refractivity contribution is 8.15. The molecule has 1 aromatic rings. The number of benzene rings is 1. The van der Waals surface area contributed by atoms with Crippen molar-refractivity contribution < 1.29 is 13.2 Å². The third-order valence-electron chi connectivity index (χ3n) is 4.17. The van der Waals surface area contributed by atoms with Crippen molar-refractivity contribution in [3.8, 4) is 0 Å². The van der Waals surface area contributed by atoms with E-state index in [2.05, 4.69) is 4.99 Å². The van der Waals surface area contributed by atoms with Gasteiger partial charge >= 0.3 is 0 Å². The Bertz CT molecular complexity index is 744. The fourth-order valence-corrected chi connectivity index (χ4v) is 7.07. The second-order valence-corrected chi connectivity index (χ2v) is 10.2. The molecular weight excluding hydrogens is 344 g/mol. The van der Waals surface area contributed by atoms with Crippen molar-refractivity contribution in [1.29, 1.82) is 0 Å². The lowest BCUT2D eigenvalue weighted by Gasteiger charge is -2.24. The van der Waals surface area contributed by atoms with Crippen molar-refractivity contribution >= 4 is 32.7 Å². The van der Waals surface area contributed by atoms with Crippen molar-refractivity contribution in [3.63, 3.8) is 0 Å². The molecule has 1 amide bonds. The van der Waals surface area contributed by atoms with Gasteiger partial charge in [-0.3, -0.25) is 4.79 Å². The average molecular weight is 367 g/mol. The maximum Gasteiger partial charge on any atom is 0.248 e. The standard InChI is InChI=1S/C17H22N2O3S2/c1-12(2)8-16(20)18-17-19(9-13-6-4-3-5-7-13)14-10-24(21,22)11-15(14)23-17/h3-7,12,14-15H,8-11H2,1-2H3/t14-,15-/m0/s1. The van der Waals surface area contributed by atoms with Gasteiger partial charge in [-0.1, -0.05) is 55.9 Å². The molecule has 2 heterocycles. The van der Waals surface area contributed by atoms with Crippen LogP contribution in [-0.2, 0) is 21.2 Å². The Kier molecular flexibility index (Phi) is 5.01. The second-order valence-electron chi connectivity index (χ2n) is 6.80. The molecule has 7 heteroatoms. The Hall–Kier alpha value is -1.34. The van der Waals surface area contributed by atoms with Crippen molar-refractivity contribution in [1.82, 2.24) is 4.90 Å². The minimum Gasteiger partial charge on any atom is -0.342 e. The van der Waals surface area contributed by atoms with Crippen LogP contribution in [0.25, 0.3) is 0 Å². The van der Waals surface area contributed by atoms with Crippen LogP contribution in [0.2, 0.25) is 0 Å². The number of hydrogen-bond donors (Lipinski definition) is 0. The zero-order chi connectivity index (χ0) is 17.3. The first-order valence-corrected chi connectivity index (χ1v) is 10.8. The lowest BCUT2D eigenvalue weighted by Crippen LogP contribution is -2.37. The number of amides is 1. The van der Waals surface area contributed by atoms with Gasteiger partial charge in [0.15, 0.2) is 15.0 Å². The monoisotopic (exact) mass is 366 g/mol. The summed E-state index contributed by atoms with van der Waals surface area (Å²) in [6, 6.07) is 9.80. The predicted octanol–water partition coefficient (Wildman–Crippen LogP) is 2.33. The second kappa shape index (κ2) is 6.88. The number of aliphatic imine (C=N–C) groups is 1. The molecule has 2 aliphatic rings. The Morgan fingerprint density at radius 1 is 1.29 bits per heavy atom. The largest absolute Gasteiger partial charge is 0.342 e. The van der Waals surface area contributed by atoms with Gasteiger partial charge in [0.25, 0.3) is 0 Å². The van der Waals surface area contributed by atoms with Crippen LogP contribution in [0.1, 0.15) is 25.8 Å². The van der Waals surface area contributed by atoms with Crippen molar-refractivity contribution in [2.24, 2.45) is 10.9 Å². The van der Waals surface area contributed by atoms with Gasteiger partial charge < -0.3 is 4.90 Å². The van der Waals surface area contributed by atoms with Crippen LogP contribution < -0.4 is 0 Å². The molecule has 0 radical (unpaired) electrons. The van der Waals surface area contributed by atoms with Crippen LogP contribution >= 0.6 is 11.8 Å². The first kappa shape index (κ1) is 17.5. The van der Waals surface area contributed by atoms with E-state index < -0.39 is 9.84 Å². The summed E-state index contributed by atoms with van der Waals surface area (Å²) in [6.45, 7) is 4.56. The van der Waals surface area contributed by atoms with E-state index in [1.807, 2.05) is 49.1 Å². The van der Waals surface area contributed by atoms with E-state index in [0.717, 1.165) is 5.56 Å². The van der Waals surface area contributed by atoms with E-state index in [1.54, 1.807) is 0 Å². The molecule has 0 bridgehead atoms. The highest BCUT2D eigenvalue weighted by Gasteiger charge is 2.48. The predicted molar refractivity (Wildman–Crippen MR) is 97.7 cm³/mol. The summed E-state index contributed by atoms with van der Waals surface area (Å²) in [5.41, 5.74) is 1.09. The fraction of sp³-hybridized carbons (Fsp3) is 0.529. The maximum absolute atomic E-state index is 12.1. The number of carbonyl (C=O) groups excluding carboxylic acids is 1. The smallest absolute Gasteiger partial charge is 0.248 e. The van der Waals surface area contributed by atoms with Crippen molar-refractivity contribution in [2.75, 3.05) is 11.5 Å². The average Bonchev–Trinajstić information content (AvgIpc) is 2.92. The van der Waals surface area contributed by atoms with Crippen molar-refractivity contribution in [3.05, 3.63) is 35.9 Å². The normalized spacial score (nSPS) is 27.0. The topological polar surface area (TPSA) is 66.8 Å². The molecule has 0 saturated carbocycles. The molecule has 2 fully saturated rings. The molecule has 5 nitrogen and oxygen atoms in total. The van der Waals surface area contributed by atoms with Gasteiger partial charge in [0.2, 0.25) is 5.91 Å². The molecule has 0 aliphatic carbocycles. The lowest BCUT2D eigenvalue weighted by atomic mass is 10.1. The first-order chi connectivity index (χ1) is 11.3. The van der Waals surface area contributed by atoms with E-state index in [-0.39, 0.29) is 34.6 Å². The Morgan fingerprint density at radius 2 is 2.00 bits per heavy atom. The Labute approximate surface area is 147 Å². The van der Waals surface area contributed by atoms with Crippen LogP contribution in [0.15, 0.2) is 35.3 Å². The minimum absolute atomic E-state index is 0.0238. The van der Waals surface area contributed by atoms with Crippen LogP contribution in [0, 0.1) is 5.92 Å². The molecule has 0 N–H and O–H groups in total. The number of fused-ring (bicyclic) bond motifs is 1. The van der Waals surface area contributed by atoms with E-state index in [1.165, 1.54) is 11.8 Å². The van der Waals surface area contributed by atoms with Crippen LogP contribution in [-0.4, -0.2) is 47.2 Å². The van der Waals surface area contributed by atoms with Gasteiger partial charge in [-0.15, -0.1) is 0 Å². The molecule has 0 unspecified atom stereocenters. The lowest BCUT2D eigenvalue weighted by molar-refractivity contribution is -0.118. The summed E-state index contributed by atoms with van der Waals surface area (Å²) in [5.74, 6) is 0.448. The summed E-state index contributed by atoms with van der Waals surface area (Å²) < 4.78 is 23.9. The molecule has 2 aliphatic heterocycles. The summed E-state index contributed by atoms with van der Waals surface area (Å²) in [6.07, 6.45) is 0.414. The van der Waals surface area contributed by atoms with Gasteiger partial charge in [0, 0.05) is 18.2 Å². The molecule has 0 aromatic heterocycles. The van der Waals surface area contributed by atoms with Gasteiger partial charge in [0.1, 0.15) is 0 Å². The number of nitrogens with zero attached hydrogens (tertiary/aromatic N) is 2. The molecule has 130 valence electrons. The molecule has 0 spiro atoms. The Balaban J connectivity index is 1.85. The number of rotatable bonds is 4. The summed E-state index contributed by atoms with van der Waals surface area (Å²) >= 11 is 1.44. The minimum atomic E-state index is -3.00. The highest BCUT2D eigenvalue weighted by Crippen LogP contribution is 2.39. The summed E-state index contributed by atoms with van der Waals surface area (Å²) in [7, 11) is -3.00. The number of carbonyl (C=O) groups is 1. The van der Waals surface area contributed by atoms with Crippen LogP contribution in [0.3, 0.4) is 0 Å². The SMILES string of the molecule is CC(C)CC(=O)N=C1S[C@H]2CS(=O)(=O)C[C@@H]2N1Cc1ccccc1. The number of hydrogen-bond acceptors (Lipinski definition) is 4. The first-order valence-electron chi connectivity index (χ1n) is 8.13. The summed E-state index contributed by atoms with van der Waals surface area (Å²) in [5, 5.41) is 0.652. The quantitative estimate of drug-likeness (QED) is 0.818. The zero-order valence-corrected chi connectivity index (χ0v) is 15.5. The van der Waals surface area contributed by atoms with Crippen LogP contribution in [0.4, 0.5) is 0 Å². The van der Waals surface area contributed by atoms with Crippen molar-refractivity contribution in [2.45, 2.75) is 38.1 Å². The molecule has 3 rings (SSSR count). The van der Waals surface area contributed by atoms with E-state index in [9.17, 15) is 13.2 Å². The molecule has 24 heavy (non-hydrogen) atoms. The maximum atomic E-state index is 12.1. The summed E-state index contributed by atoms with van der Waals surface area (Å²) in [4.78, 5) is 18.4. The fourth-order valence-electron chi connectivity index (χ4n) is 3.10. The zero-order valence-electron chi connectivity index (χ0n) is 13.9. The third kappa shape index (κ3) is 4.00. The molecule has 1 aromatic carbocycles. The van der Waals surface area contributed by atoms with E-state index in [4.69, 9.17) is 0 Å². The highest BCUT2D eigenvalue weighted by atomic mass is 32.2. The van der Waals surface area contributed by atoms with E-state index >= 15 is 0 Å². The Morgan fingerprint density at radius 3 is 2.67 bits per heavy atom. The number of amidine groups is 1. The third-order valence-corrected chi connectivity index (χ3v) is 7.42. The van der Waals surface area contributed by atoms with Gasteiger partial charge in [-0.25, -0.2) is 8.42 Å². The number of thioether (sulfide) groups is 1. The van der Waals surface area contributed by atoms with Crippen LogP contribution in [0.5, 0.6) is 0 Å².